The fourth-order valence-corrected chi connectivity index (χ4v) is 2.70. The molecule has 0 saturated carbocycles. The Morgan fingerprint density at radius 2 is 1.52 bits per heavy atom. The normalized spacial score (nSPS) is 10.6. The molecule has 0 bridgehead atoms. The summed E-state index contributed by atoms with van der Waals surface area (Å²) in [6, 6.07) is 22.1. The zero-order valence-corrected chi connectivity index (χ0v) is 14.5. The van der Waals surface area contributed by atoms with Crippen LogP contribution in [0.15, 0.2) is 72.8 Å². The number of ether oxygens (including phenoxy) is 1. The Morgan fingerprint density at radius 1 is 0.800 bits per heavy atom. The van der Waals surface area contributed by atoms with E-state index in [-0.39, 0.29) is 5.82 Å². The van der Waals surface area contributed by atoms with Gasteiger partial charge in [0.25, 0.3) is 0 Å². The molecule has 25 heavy (non-hydrogen) atoms. The van der Waals surface area contributed by atoms with Crippen molar-refractivity contribution in [1.82, 2.24) is 5.32 Å². The molecule has 1 N–H and O–H groups in total. The molecular weight excluding hydrogens is 337 g/mol. The third kappa shape index (κ3) is 5.59. The molecule has 0 spiro atoms. The zero-order chi connectivity index (χ0) is 17.5. The van der Waals surface area contributed by atoms with Crippen LogP contribution in [0.1, 0.15) is 16.7 Å². The standard InChI is InChI=1S/C21H19ClFNO/c22-19-5-1-4-18(11-19)15-25-21-6-2-3-17(12-21)14-24-13-16-7-9-20(23)10-8-16/h1-12,24H,13-15H2. The highest BCUT2D eigenvalue weighted by Crippen LogP contribution is 2.17. The Labute approximate surface area is 152 Å². The van der Waals surface area contributed by atoms with Crippen LogP contribution in [0.25, 0.3) is 0 Å². The molecule has 0 heterocycles. The monoisotopic (exact) mass is 355 g/mol. The SMILES string of the molecule is Fc1ccc(CNCc2cccc(OCc3cccc(Cl)c3)c2)cc1. The quantitative estimate of drug-likeness (QED) is 0.617. The summed E-state index contributed by atoms with van der Waals surface area (Å²) < 4.78 is 18.7. The summed E-state index contributed by atoms with van der Waals surface area (Å²) in [5.74, 6) is 0.606. The van der Waals surface area contributed by atoms with E-state index >= 15 is 0 Å². The van der Waals surface area contributed by atoms with E-state index in [0.717, 1.165) is 22.4 Å². The maximum Gasteiger partial charge on any atom is 0.123 e. The molecule has 0 aliphatic heterocycles. The molecule has 3 aromatic carbocycles. The predicted octanol–water partition coefficient (Wildman–Crippen LogP) is 5.35. The van der Waals surface area contributed by atoms with Gasteiger partial charge in [-0.2, -0.15) is 0 Å². The van der Waals surface area contributed by atoms with Crippen LogP contribution in [0, 0.1) is 5.82 Å². The topological polar surface area (TPSA) is 21.3 Å². The average molecular weight is 356 g/mol. The summed E-state index contributed by atoms with van der Waals surface area (Å²) >= 11 is 5.98. The molecule has 0 fully saturated rings. The van der Waals surface area contributed by atoms with Crippen molar-refractivity contribution in [3.05, 3.63) is 100 Å². The van der Waals surface area contributed by atoms with Crippen molar-refractivity contribution in [3.63, 3.8) is 0 Å². The molecule has 2 nitrogen and oxygen atoms in total. The number of rotatable bonds is 7. The van der Waals surface area contributed by atoms with Crippen LogP contribution in [-0.4, -0.2) is 0 Å². The molecule has 0 unspecified atom stereocenters. The first-order valence-electron chi connectivity index (χ1n) is 8.10. The molecule has 0 aliphatic rings. The largest absolute Gasteiger partial charge is 0.489 e. The number of hydrogen-bond acceptors (Lipinski definition) is 2. The van der Waals surface area contributed by atoms with E-state index in [9.17, 15) is 4.39 Å². The van der Waals surface area contributed by atoms with Gasteiger partial charge in [0.2, 0.25) is 0 Å². The second kappa shape index (κ2) is 8.65. The van der Waals surface area contributed by atoms with Gasteiger partial charge < -0.3 is 10.1 Å². The Bertz CT molecular complexity index is 820. The predicted molar refractivity (Wildman–Crippen MR) is 99.2 cm³/mol. The van der Waals surface area contributed by atoms with Crippen molar-refractivity contribution in [2.45, 2.75) is 19.7 Å². The average Bonchev–Trinajstić information content (AvgIpc) is 2.62. The molecule has 4 heteroatoms. The van der Waals surface area contributed by atoms with Crippen LogP contribution in [0.5, 0.6) is 5.75 Å². The van der Waals surface area contributed by atoms with Crippen LogP contribution in [0.3, 0.4) is 0 Å². The Kier molecular flexibility index (Phi) is 6.04. The van der Waals surface area contributed by atoms with E-state index in [4.69, 9.17) is 16.3 Å². The van der Waals surface area contributed by atoms with Gasteiger partial charge in [-0.3, -0.25) is 0 Å². The van der Waals surface area contributed by atoms with Crippen LogP contribution in [-0.2, 0) is 19.7 Å². The molecular formula is C21H19ClFNO. The Hall–Kier alpha value is -2.36. The van der Waals surface area contributed by atoms with Gasteiger partial charge in [0, 0.05) is 18.1 Å². The van der Waals surface area contributed by atoms with Crippen LogP contribution < -0.4 is 10.1 Å². The number of hydrogen-bond donors (Lipinski definition) is 1. The van der Waals surface area contributed by atoms with Crippen LogP contribution in [0.4, 0.5) is 4.39 Å². The maximum absolute atomic E-state index is 12.9. The summed E-state index contributed by atoms with van der Waals surface area (Å²) in [6.07, 6.45) is 0. The molecule has 3 rings (SSSR count). The third-order valence-electron chi connectivity index (χ3n) is 3.76. The van der Waals surface area contributed by atoms with E-state index in [1.807, 2.05) is 48.5 Å². The fraction of sp³-hybridized carbons (Fsp3) is 0.143. The second-order valence-corrected chi connectivity index (χ2v) is 6.23. The summed E-state index contributed by atoms with van der Waals surface area (Å²) in [4.78, 5) is 0. The lowest BCUT2D eigenvalue weighted by Gasteiger charge is -2.09. The van der Waals surface area contributed by atoms with Crippen molar-refractivity contribution in [1.29, 1.82) is 0 Å². The smallest absolute Gasteiger partial charge is 0.123 e. The van der Waals surface area contributed by atoms with Gasteiger partial charge in [-0.25, -0.2) is 4.39 Å². The van der Waals surface area contributed by atoms with E-state index < -0.39 is 0 Å². The first-order valence-corrected chi connectivity index (χ1v) is 8.48. The lowest BCUT2D eigenvalue weighted by Crippen LogP contribution is -2.12. The molecule has 3 aromatic rings. The molecule has 0 radical (unpaired) electrons. The maximum atomic E-state index is 12.9. The van der Waals surface area contributed by atoms with Gasteiger partial charge >= 0.3 is 0 Å². The van der Waals surface area contributed by atoms with Gasteiger partial charge in [0.05, 0.1) is 0 Å². The fourth-order valence-electron chi connectivity index (χ4n) is 2.49. The van der Waals surface area contributed by atoms with E-state index in [1.54, 1.807) is 12.1 Å². The highest BCUT2D eigenvalue weighted by Gasteiger charge is 2.00. The van der Waals surface area contributed by atoms with Gasteiger partial charge in [-0.15, -0.1) is 0 Å². The van der Waals surface area contributed by atoms with Gasteiger partial charge in [0.15, 0.2) is 0 Å². The summed E-state index contributed by atoms with van der Waals surface area (Å²) in [5.41, 5.74) is 3.22. The molecule has 0 aromatic heterocycles. The minimum absolute atomic E-state index is 0.215. The van der Waals surface area contributed by atoms with Crippen molar-refractivity contribution < 1.29 is 9.13 Å². The lowest BCUT2D eigenvalue weighted by atomic mass is 10.2. The zero-order valence-electron chi connectivity index (χ0n) is 13.7. The summed E-state index contributed by atoms with van der Waals surface area (Å²) in [5, 5.41) is 4.06. The lowest BCUT2D eigenvalue weighted by molar-refractivity contribution is 0.306. The summed E-state index contributed by atoms with van der Waals surface area (Å²) in [7, 11) is 0. The van der Waals surface area contributed by atoms with Crippen LogP contribution >= 0.6 is 11.6 Å². The van der Waals surface area contributed by atoms with Crippen molar-refractivity contribution in [2.24, 2.45) is 0 Å². The van der Waals surface area contributed by atoms with Crippen molar-refractivity contribution in [2.75, 3.05) is 0 Å². The van der Waals surface area contributed by atoms with E-state index in [1.165, 1.54) is 12.1 Å². The van der Waals surface area contributed by atoms with Crippen molar-refractivity contribution >= 4 is 11.6 Å². The highest BCUT2D eigenvalue weighted by atomic mass is 35.5. The number of benzene rings is 3. The second-order valence-electron chi connectivity index (χ2n) is 5.80. The Balaban J connectivity index is 1.51. The van der Waals surface area contributed by atoms with Gasteiger partial charge in [-0.05, 0) is 53.1 Å². The minimum Gasteiger partial charge on any atom is -0.489 e. The molecule has 0 saturated heterocycles. The molecule has 0 atom stereocenters. The molecule has 128 valence electrons. The Morgan fingerprint density at radius 3 is 2.32 bits per heavy atom. The third-order valence-corrected chi connectivity index (χ3v) is 4.00. The van der Waals surface area contributed by atoms with E-state index in [0.29, 0.717) is 24.7 Å². The van der Waals surface area contributed by atoms with Gasteiger partial charge in [0.1, 0.15) is 18.2 Å². The number of halogens is 2. The van der Waals surface area contributed by atoms with E-state index in [2.05, 4.69) is 5.32 Å². The first-order chi connectivity index (χ1) is 12.2. The summed E-state index contributed by atoms with van der Waals surface area (Å²) in [6.45, 7) is 1.88. The van der Waals surface area contributed by atoms with Crippen molar-refractivity contribution in [3.8, 4) is 5.75 Å². The van der Waals surface area contributed by atoms with Gasteiger partial charge in [-0.1, -0.05) is 48.0 Å². The number of nitrogens with one attached hydrogen (secondary N) is 1. The highest BCUT2D eigenvalue weighted by molar-refractivity contribution is 6.30. The molecule has 0 aliphatic carbocycles. The van der Waals surface area contributed by atoms with Crippen LogP contribution in [0.2, 0.25) is 5.02 Å². The molecule has 0 amide bonds. The minimum atomic E-state index is -0.215. The first kappa shape index (κ1) is 17.5.